The minimum absolute atomic E-state index is 0.0353. The van der Waals surface area contributed by atoms with Crippen molar-refractivity contribution in [3.8, 4) is 0 Å². The number of thioether (sulfide) groups is 1. The molecule has 6 heteroatoms. The lowest BCUT2D eigenvalue weighted by atomic mass is 10.00. The lowest BCUT2D eigenvalue weighted by molar-refractivity contribution is 0.277. The number of H-pyrrole nitrogens is 1. The summed E-state index contributed by atoms with van der Waals surface area (Å²) < 4.78 is 14.1. The Kier molecular flexibility index (Phi) is 4.04. The molecule has 1 saturated carbocycles. The molecule has 128 valence electrons. The summed E-state index contributed by atoms with van der Waals surface area (Å²) >= 11 is 1.63. The van der Waals surface area contributed by atoms with Crippen LogP contribution in [0.3, 0.4) is 0 Å². The molecule has 1 aliphatic carbocycles. The molecule has 2 aliphatic rings. The molecule has 1 atom stereocenters. The van der Waals surface area contributed by atoms with Crippen molar-refractivity contribution in [2.45, 2.75) is 44.2 Å². The molecule has 1 unspecified atom stereocenters. The number of anilines is 1. The lowest BCUT2D eigenvalue weighted by Crippen LogP contribution is -2.30. The number of aliphatic hydroxyl groups is 1. The highest BCUT2D eigenvalue weighted by atomic mass is 32.2. The van der Waals surface area contributed by atoms with Crippen LogP contribution < -0.4 is 5.32 Å². The van der Waals surface area contributed by atoms with Gasteiger partial charge in [-0.1, -0.05) is 12.8 Å². The first kappa shape index (κ1) is 16.0. The molecule has 0 spiro atoms. The highest BCUT2D eigenvalue weighted by Crippen LogP contribution is 2.36. The van der Waals surface area contributed by atoms with Gasteiger partial charge in [0.05, 0.1) is 29.5 Å². The fourth-order valence-corrected chi connectivity index (χ4v) is 4.70. The second-order valence-corrected chi connectivity index (χ2v) is 8.08. The first-order valence-electron chi connectivity index (χ1n) is 8.49. The molecule has 3 N–H and O–H groups in total. The molecule has 0 radical (unpaired) electrons. The number of aromatic amines is 1. The van der Waals surface area contributed by atoms with E-state index in [4.69, 9.17) is 0 Å². The first-order valence-corrected chi connectivity index (χ1v) is 9.47. The Morgan fingerprint density at radius 3 is 2.88 bits per heavy atom. The summed E-state index contributed by atoms with van der Waals surface area (Å²) in [7, 11) is 0. The number of hydrogen-bond donors (Lipinski definition) is 3. The van der Waals surface area contributed by atoms with Gasteiger partial charge in [0.25, 0.3) is 0 Å². The van der Waals surface area contributed by atoms with Crippen molar-refractivity contribution in [1.29, 1.82) is 0 Å². The van der Waals surface area contributed by atoms with Gasteiger partial charge in [0.15, 0.2) is 0 Å². The van der Waals surface area contributed by atoms with E-state index in [1.807, 2.05) is 6.07 Å². The topological polar surface area (TPSA) is 60.4 Å². The Balaban J connectivity index is 1.72. The van der Waals surface area contributed by atoms with E-state index in [1.165, 1.54) is 12.8 Å². The second kappa shape index (κ2) is 6.08. The van der Waals surface area contributed by atoms with E-state index >= 15 is 0 Å². The SMILES string of the molecule is CC1(Nc2cc(F)cc3cc(C4=NC(CO)CS4)[nH]c23)CCCC1. The molecule has 0 bridgehead atoms. The molecule has 4 nitrogen and oxygen atoms in total. The van der Waals surface area contributed by atoms with E-state index in [2.05, 4.69) is 22.2 Å². The minimum atomic E-state index is -0.230. The van der Waals surface area contributed by atoms with Gasteiger partial charge < -0.3 is 15.4 Å². The van der Waals surface area contributed by atoms with Crippen molar-refractivity contribution >= 4 is 33.4 Å². The van der Waals surface area contributed by atoms with Gasteiger partial charge in [0.1, 0.15) is 10.9 Å². The number of nitrogens with one attached hydrogen (secondary N) is 2. The molecule has 2 heterocycles. The predicted octanol–water partition coefficient (Wildman–Crippen LogP) is 3.91. The standard InChI is InChI=1S/C18H22FN3OS/c1-18(4-2-3-5-18)22-14-8-12(19)6-11-7-15(21-16(11)14)17-20-13(9-23)10-24-17/h6-8,13,21-23H,2-5,9-10H2,1H3. The number of aliphatic hydroxyl groups excluding tert-OH is 1. The van der Waals surface area contributed by atoms with Crippen molar-refractivity contribution in [2.75, 3.05) is 17.7 Å². The zero-order valence-corrected chi connectivity index (χ0v) is 14.5. The molecule has 0 amide bonds. The van der Waals surface area contributed by atoms with Gasteiger partial charge in [-0.05, 0) is 38.0 Å². The van der Waals surface area contributed by atoms with Crippen LogP contribution in [0.5, 0.6) is 0 Å². The van der Waals surface area contributed by atoms with Crippen molar-refractivity contribution < 1.29 is 9.50 Å². The highest BCUT2D eigenvalue weighted by Gasteiger charge is 2.29. The molecule has 1 aromatic heterocycles. The van der Waals surface area contributed by atoms with Crippen LogP contribution in [-0.2, 0) is 0 Å². The molecule has 1 aromatic carbocycles. The Morgan fingerprint density at radius 1 is 1.38 bits per heavy atom. The van der Waals surface area contributed by atoms with Crippen LogP contribution in [0, 0.1) is 5.82 Å². The van der Waals surface area contributed by atoms with Crippen molar-refractivity contribution in [3.63, 3.8) is 0 Å². The summed E-state index contributed by atoms with van der Waals surface area (Å²) in [4.78, 5) is 7.93. The average molecular weight is 347 g/mol. The third-order valence-corrected chi connectivity index (χ3v) is 6.14. The van der Waals surface area contributed by atoms with Gasteiger partial charge in [-0.15, -0.1) is 11.8 Å². The summed E-state index contributed by atoms with van der Waals surface area (Å²) in [6.07, 6.45) is 4.65. The van der Waals surface area contributed by atoms with Crippen LogP contribution in [0.2, 0.25) is 0 Å². The fraction of sp³-hybridized carbons (Fsp3) is 0.500. The number of fused-ring (bicyclic) bond motifs is 1. The van der Waals surface area contributed by atoms with Gasteiger partial charge in [0.2, 0.25) is 0 Å². The molecule has 1 aliphatic heterocycles. The van der Waals surface area contributed by atoms with Crippen LogP contribution in [0.1, 0.15) is 38.3 Å². The normalized spacial score (nSPS) is 23.0. The second-order valence-electron chi connectivity index (χ2n) is 7.08. The molecular weight excluding hydrogens is 325 g/mol. The van der Waals surface area contributed by atoms with E-state index in [0.29, 0.717) is 0 Å². The number of halogens is 1. The quantitative estimate of drug-likeness (QED) is 0.786. The van der Waals surface area contributed by atoms with Gasteiger partial charge in [-0.3, -0.25) is 4.99 Å². The number of aliphatic imine (C=N–C) groups is 1. The summed E-state index contributed by atoms with van der Waals surface area (Å²) in [5, 5.41) is 14.6. The predicted molar refractivity (Wildman–Crippen MR) is 98.6 cm³/mol. The zero-order valence-electron chi connectivity index (χ0n) is 13.7. The summed E-state index contributed by atoms with van der Waals surface area (Å²) in [6.45, 7) is 2.28. The Hall–Kier alpha value is -1.53. The first-order chi connectivity index (χ1) is 11.6. The highest BCUT2D eigenvalue weighted by molar-refractivity contribution is 8.14. The maximum Gasteiger partial charge on any atom is 0.126 e. The van der Waals surface area contributed by atoms with E-state index in [1.54, 1.807) is 23.9 Å². The van der Waals surface area contributed by atoms with E-state index < -0.39 is 0 Å². The molecule has 1 fully saturated rings. The Morgan fingerprint density at radius 2 is 2.17 bits per heavy atom. The summed E-state index contributed by atoms with van der Waals surface area (Å²) in [6, 6.07) is 5.04. The van der Waals surface area contributed by atoms with E-state index in [9.17, 15) is 9.50 Å². The van der Waals surface area contributed by atoms with Gasteiger partial charge >= 0.3 is 0 Å². The lowest BCUT2D eigenvalue weighted by Gasteiger charge is -2.27. The largest absolute Gasteiger partial charge is 0.394 e. The van der Waals surface area contributed by atoms with Gasteiger partial charge in [-0.2, -0.15) is 0 Å². The van der Waals surface area contributed by atoms with Crippen LogP contribution in [-0.4, -0.2) is 39.1 Å². The number of hydrogen-bond acceptors (Lipinski definition) is 4. The molecule has 0 saturated heterocycles. The number of rotatable bonds is 4. The van der Waals surface area contributed by atoms with Crippen LogP contribution >= 0.6 is 11.8 Å². The number of nitrogens with zero attached hydrogens (tertiary/aromatic N) is 1. The molecule has 24 heavy (non-hydrogen) atoms. The smallest absolute Gasteiger partial charge is 0.126 e. The monoisotopic (exact) mass is 347 g/mol. The van der Waals surface area contributed by atoms with Crippen LogP contribution in [0.4, 0.5) is 10.1 Å². The Labute approximate surface area is 144 Å². The average Bonchev–Trinajstić information content (AvgIpc) is 3.25. The molecule has 2 aromatic rings. The summed E-state index contributed by atoms with van der Waals surface area (Å²) in [5.74, 6) is 0.560. The maximum atomic E-state index is 14.1. The summed E-state index contributed by atoms with van der Waals surface area (Å²) in [5.41, 5.74) is 2.68. The third kappa shape index (κ3) is 2.93. The van der Waals surface area contributed by atoms with Crippen molar-refractivity contribution in [2.24, 2.45) is 4.99 Å². The fourth-order valence-electron chi connectivity index (χ4n) is 3.68. The van der Waals surface area contributed by atoms with E-state index in [-0.39, 0.29) is 24.0 Å². The number of aromatic nitrogens is 1. The number of benzene rings is 1. The van der Waals surface area contributed by atoms with Gasteiger partial charge in [-0.25, -0.2) is 4.39 Å². The molecule has 4 rings (SSSR count). The zero-order chi connectivity index (χ0) is 16.7. The van der Waals surface area contributed by atoms with Crippen molar-refractivity contribution in [1.82, 2.24) is 4.98 Å². The van der Waals surface area contributed by atoms with Crippen LogP contribution in [0.15, 0.2) is 23.2 Å². The Bertz CT molecular complexity index is 795. The third-order valence-electron chi connectivity index (χ3n) is 4.99. The maximum absolute atomic E-state index is 14.1. The van der Waals surface area contributed by atoms with Crippen LogP contribution in [0.25, 0.3) is 10.9 Å². The van der Waals surface area contributed by atoms with E-state index in [0.717, 1.165) is 45.9 Å². The van der Waals surface area contributed by atoms with Gasteiger partial charge in [0, 0.05) is 16.7 Å². The minimum Gasteiger partial charge on any atom is -0.394 e. The van der Waals surface area contributed by atoms with Crippen molar-refractivity contribution in [3.05, 3.63) is 29.7 Å². The molecular formula is C18H22FN3OS.